The Labute approximate surface area is 158 Å². The van der Waals surface area contributed by atoms with Gasteiger partial charge in [-0.3, -0.25) is 9.69 Å². The van der Waals surface area contributed by atoms with Crippen molar-refractivity contribution in [3.05, 3.63) is 41.6 Å². The van der Waals surface area contributed by atoms with Crippen molar-refractivity contribution in [1.29, 1.82) is 0 Å². The van der Waals surface area contributed by atoms with Crippen molar-refractivity contribution < 1.29 is 30.2 Å². The zero-order chi connectivity index (χ0) is 16.6. The predicted octanol–water partition coefficient (Wildman–Crippen LogP) is 0.211. The van der Waals surface area contributed by atoms with E-state index >= 15 is 0 Å². The molecule has 5 heteroatoms. The molecule has 1 atom stereocenters. The van der Waals surface area contributed by atoms with E-state index in [2.05, 4.69) is 61.0 Å². The number of carbonyl (C=O) groups is 1. The maximum Gasteiger partial charge on any atom is 1.00 e. The van der Waals surface area contributed by atoms with Gasteiger partial charge in [-0.15, -0.1) is 0 Å². The van der Waals surface area contributed by atoms with Crippen molar-refractivity contribution in [1.82, 2.24) is 4.90 Å². The van der Waals surface area contributed by atoms with Crippen LogP contribution in [-0.2, 0) is 10.2 Å². The largest absolute Gasteiger partial charge is 1.00 e. The average Bonchev–Trinajstić information content (AvgIpc) is 3.02. The third kappa shape index (κ3) is 4.25. The molecule has 0 saturated carbocycles. The van der Waals surface area contributed by atoms with Gasteiger partial charge in [-0.2, -0.15) is 0 Å². The summed E-state index contributed by atoms with van der Waals surface area (Å²) in [4.78, 5) is 15.3. The fourth-order valence-electron chi connectivity index (χ4n) is 3.45. The van der Waals surface area contributed by atoms with Crippen LogP contribution in [-0.4, -0.2) is 42.2 Å². The third-order valence-electron chi connectivity index (χ3n) is 4.85. The molecule has 1 fully saturated rings. The summed E-state index contributed by atoms with van der Waals surface area (Å²) in [6.07, 6.45) is 2.50. The molecule has 2 aliphatic rings. The number of likely N-dealkylation sites (tertiary alicyclic amines) is 1. The summed E-state index contributed by atoms with van der Waals surface area (Å²) < 4.78 is 0. The number of fused-ring (bicyclic) bond motifs is 1. The molecule has 0 bridgehead atoms. The van der Waals surface area contributed by atoms with Gasteiger partial charge in [0.15, 0.2) is 0 Å². The molecule has 2 heterocycles. The van der Waals surface area contributed by atoms with Crippen LogP contribution >= 0.6 is 0 Å². The molecule has 126 valence electrons. The number of hydrogen-bond donors (Lipinski definition) is 1. The second-order valence-electron chi connectivity index (χ2n) is 7.73. The molecule has 1 N–H and O–H groups in total. The maximum atomic E-state index is 10.7. The van der Waals surface area contributed by atoms with Crippen LogP contribution in [0.5, 0.6) is 0 Å². The minimum absolute atomic E-state index is 0. The van der Waals surface area contributed by atoms with E-state index in [1.165, 1.54) is 16.8 Å². The summed E-state index contributed by atoms with van der Waals surface area (Å²) in [7, 11) is 0. The first-order chi connectivity index (χ1) is 10.8. The molecular formula is C19H27LiN2O2. The second kappa shape index (κ2) is 7.35. The number of carboxylic acid groups (broad SMARTS) is 1. The Kier molecular flexibility index (Phi) is 5.86. The number of benzene rings is 1. The molecule has 1 unspecified atom stereocenters. The van der Waals surface area contributed by atoms with Gasteiger partial charge in [-0.05, 0) is 28.7 Å². The van der Waals surface area contributed by atoms with Gasteiger partial charge >= 0.3 is 24.8 Å². The van der Waals surface area contributed by atoms with Crippen LogP contribution < -0.4 is 23.8 Å². The summed E-state index contributed by atoms with van der Waals surface area (Å²) >= 11 is 0. The molecule has 0 amide bonds. The number of rotatable bonds is 4. The van der Waals surface area contributed by atoms with E-state index in [0.717, 1.165) is 19.6 Å². The molecule has 2 aliphatic heterocycles. The van der Waals surface area contributed by atoms with Crippen molar-refractivity contribution in [3.63, 3.8) is 0 Å². The molecule has 3 rings (SSSR count). The SMILES string of the molecule is CC(C)(C)c1ccc(N2C=C3CN(CCC(=O)O)CC3C2)cc1.[H-].[Li+]. The van der Waals surface area contributed by atoms with Crippen LogP contribution in [0.4, 0.5) is 5.69 Å². The fraction of sp³-hybridized carbons (Fsp3) is 0.526. The van der Waals surface area contributed by atoms with Crippen LogP contribution in [0.1, 0.15) is 34.2 Å². The maximum absolute atomic E-state index is 10.7. The van der Waals surface area contributed by atoms with Crippen molar-refractivity contribution in [2.45, 2.75) is 32.6 Å². The topological polar surface area (TPSA) is 43.8 Å². The van der Waals surface area contributed by atoms with Crippen molar-refractivity contribution >= 4 is 11.7 Å². The number of nitrogens with zero attached hydrogens (tertiary/aromatic N) is 2. The van der Waals surface area contributed by atoms with Gasteiger partial charge in [-0.25, -0.2) is 0 Å². The number of hydrogen-bond acceptors (Lipinski definition) is 3. The second-order valence-corrected chi connectivity index (χ2v) is 7.73. The predicted molar refractivity (Wildman–Crippen MR) is 93.9 cm³/mol. The molecule has 1 saturated heterocycles. The molecule has 0 aromatic heterocycles. The first-order valence-corrected chi connectivity index (χ1v) is 8.35. The Bertz CT molecular complexity index is 625. The van der Waals surface area contributed by atoms with Crippen LogP contribution in [0.3, 0.4) is 0 Å². The zero-order valence-electron chi connectivity index (χ0n) is 16.2. The molecule has 1 aromatic rings. The van der Waals surface area contributed by atoms with Crippen molar-refractivity contribution in [2.75, 3.05) is 31.1 Å². The Morgan fingerprint density at radius 1 is 1.25 bits per heavy atom. The summed E-state index contributed by atoms with van der Waals surface area (Å²) in [6, 6.07) is 8.87. The third-order valence-corrected chi connectivity index (χ3v) is 4.85. The minimum atomic E-state index is -0.711. The Morgan fingerprint density at radius 2 is 1.92 bits per heavy atom. The molecule has 1 aromatic carbocycles. The van der Waals surface area contributed by atoms with Gasteiger partial charge in [0.2, 0.25) is 0 Å². The van der Waals surface area contributed by atoms with Crippen LogP contribution in [0.25, 0.3) is 0 Å². The average molecular weight is 322 g/mol. The van der Waals surface area contributed by atoms with Crippen molar-refractivity contribution in [2.24, 2.45) is 5.92 Å². The van der Waals surface area contributed by atoms with Gasteiger partial charge in [0, 0.05) is 44.0 Å². The van der Waals surface area contributed by atoms with Crippen LogP contribution in [0.15, 0.2) is 36.0 Å². The van der Waals surface area contributed by atoms with E-state index in [9.17, 15) is 4.79 Å². The standard InChI is InChI=1S/C19H26N2O2.Li.H/c1-19(2,3)16-4-6-17(7-5-16)21-12-14-10-20(9-8-18(22)23)11-15(14)13-21;;/h4-7,12,15H,8-11,13H2,1-3H3,(H,22,23);;/q;+1;-1. The Morgan fingerprint density at radius 3 is 2.46 bits per heavy atom. The van der Waals surface area contributed by atoms with Gasteiger partial charge in [0.1, 0.15) is 0 Å². The van der Waals surface area contributed by atoms with E-state index in [4.69, 9.17) is 5.11 Å². The smallest absolute Gasteiger partial charge is 1.00 e. The summed E-state index contributed by atoms with van der Waals surface area (Å²) in [5.41, 5.74) is 4.23. The molecule has 0 aliphatic carbocycles. The van der Waals surface area contributed by atoms with Gasteiger partial charge in [-0.1, -0.05) is 32.9 Å². The normalized spacial score (nSPS) is 20.5. The molecule has 4 nitrogen and oxygen atoms in total. The van der Waals surface area contributed by atoms with E-state index in [1.807, 2.05) is 0 Å². The minimum Gasteiger partial charge on any atom is -1.00 e. The summed E-state index contributed by atoms with van der Waals surface area (Å²) in [5, 5.41) is 8.80. The fourth-order valence-corrected chi connectivity index (χ4v) is 3.45. The summed E-state index contributed by atoms with van der Waals surface area (Å²) in [5.74, 6) is -0.164. The molecule has 24 heavy (non-hydrogen) atoms. The first kappa shape index (κ1) is 19.1. The van der Waals surface area contributed by atoms with E-state index in [1.54, 1.807) is 0 Å². The molecule has 0 spiro atoms. The Hall–Kier alpha value is -1.21. The number of aliphatic carboxylic acids is 1. The number of carboxylic acids is 1. The van der Waals surface area contributed by atoms with E-state index in [0.29, 0.717) is 12.5 Å². The molecule has 0 radical (unpaired) electrons. The Balaban J connectivity index is 0.00000156. The van der Waals surface area contributed by atoms with Gasteiger partial charge in [0.05, 0.1) is 6.42 Å². The van der Waals surface area contributed by atoms with E-state index < -0.39 is 5.97 Å². The van der Waals surface area contributed by atoms with E-state index in [-0.39, 0.29) is 32.1 Å². The van der Waals surface area contributed by atoms with Gasteiger partial charge in [0.25, 0.3) is 0 Å². The van der Waals surface area contributed by atoms with Crippen LogP contribution in [0, 0.1) is 5.92 Å². The quantitative estimate of drug-likeness (QED) is 0.805. The number of anilines is 1. The van der Waals surface area contributed by atoms with Gasteiger partial charge < -0.3 is 11.4 Å². The van der Waals surface area contributed by atoms with Crippen molar-refractivity contribution in [3.8, 4) is 0 Å². The first-order valence-electron chi connectivity index (χ1n) is 8.35. The molecular weight excluding hydrogens is 295 g/mol. The zero-order valence-corrected chi connectivity index (χ0v) is 15.2. The summed E-state index contributed by atoms with van der Waals surface area (Å²) in [6.45, 7) is 10.3. The van der Waals surface area contributed by atoms with Crippen LogP contribution in [0.2, 0.25) is 0 Å². The monoisotopic (exact) mass is 322 g/mol.